The maximum Gasteiger partial charge on any atom is 0.347 e. The van der Waals surface area contributed by atoms with Crippen LogP contribution in [-0.2, 0) is 11.2 Å². The van der Waals surface area contributed by atoms with E-state index in [9.17, 15) is 9.59 Å². The number of rotatable bonds is 6. The highest BCUT2D eigenvalue weighted by Crippen LogP contribution is 2.26. The van der Waals surface area contributed by atoms with E-state index in [1.165, 1.54) is 6.20 Å². The lowest BCUT2D eigenvalue weighted by molar-refractivity contribution is 0.0538. The maximum absolute atomic E-state index is 12.5. The number of carbonyl (C=O) groups is 2. The molecule has 0 aromatic carbocycles. The predicted molar refractivity (Wildman–Crippen MR) is 101 cm³/mol. The molecule has 9 nitrogen and oxygen atoms in total. The second-order valence-corrected chi connectivity index (χ2v) is 7.48. The largest absolute Gasteiger partial charge is 0.477 e. The normalized spacial score (nSPS) is 19.9. The number of imidazole rings is 1. The molecule has 2 aromatic heterocycles. The van der Waals surface area contributed by atoms with Gasteiger partial charge < -0.3 is 25.0 Å². The molecule has 146 valence electrons. The molecule has 1 saturated heterocycles. The van der Waals surface area contributed by atoms with E-state index >= 15 is 0 Å². The summed E-state index contributed by atoms with van der Waals surface area (Å²) in [5, 5.41) is 12.9. The zero-order chi connectivity index (χ0) is 19.6. The first-order valence-corrected chi connectivity index (χ1v) is 9.64. The number of halogens is 1. The highest BCUT2D eigenvalue weighted by atomic mass is 35.5. The fraction of sp³-hybridized carbons (Fsp3) is 0.500. The van der Waals surface area contributed by atoms with Crippen LogP contribution < -0.4 is 10.2 Å². The fourth-order valence-corrected chi connectivity index (χ4v) is 4.03. The van der Waals surface area contributed by atoms with E-state index in [4.69, 9.17) is 21.4 Å². The van der Waals surface area contributed by atoms with Gasteiger partial charge in [0.25, 0.3) is 5.91 Å². The first-order chi connectivity index (χ1) is 12.9. The van der Waals surface area contributed by atoms with Gasteiger partial charge in [0.1, 0.15) is 4.88 Å². The molecular formula is C16H20ClN5O4S. The smallest absolute Gasteiger partial charge is 0.347 e. The first-order valence-electron chi connectivity index (χ1n) is 8.45. The number of carboxylic acids is 1. The Hall–Kier alpha value is -2.17. The van der Waals surface area contributed by atoms with Gasteiger partial charge in [0.2, 0.25) is 0 Å². The Kier molecular flexibility index (Phi) is 5.98. The third-order valence-corrected chi connectivity index (χ3v) is 5.81. The number of aryl methyl sites for hydroxylation is 1. The zero-order valence-electron chi connectivity index (χ0n) is 14.9. The minimum Gasteiger partial charge on any atom is -0.477 e. The van der Waals surface area contributed by atoms with Gasteiger partial charge in [-0.05, 0) is 12.8 Å². The lowest BCUT2D eigenvalue weighted by atomic mass is 10.0. The number of nitrogens with zero attached hydrogens (tertiary/aromatic N) is 3. The molecule has 3 heterocycles. The average molecular weight is 414 g/mol. The Morgan fingerprint density at radius 2 is 2.33 bits per heavy atom. The minimum atomic E-state index is -0.993. The molecule has 1 aliphatic heterocycles. The van der Waals surface area contributed by atoms with Crippen LogP contribution in [0.25, 0.3) is 0 Å². The summed E-state index contributed by atoms with van der Waals surface area (Å²) < 4.78 is 5.54. The van der Waals surface area contributed by atoms with Crippen LogP contribution in [0.3, 0.4) is 0 Å². The second-order valence-electron chi connectivity index (χ2n) is 6.11. The first kappa shape index (κ1) is 19.6. The van der Waals surface area contributed by atoms with Crippen LogP contribution in [0.5, 0.6) is 0 Å². The minimum absolute atomic E-state index is 0.181. The number of carboxylic acid groups (broad SMARTS) is 1. The third kappa shape index (κ3) is 4.23. The van der Waals surface area contributed by atoms with E-state index in [1.54, 1.807) is 7.11 Å². The monoisotopic (exact) mass is 413 g/mol. The molecule has 2 atom stereocenters. The molecule has 0 spiro atoms. The lowest BCUT2D eigenvalue weighted by Crippen LogP contribution is -2.55. The second kappa shape index (κ2) is 8.24. The van der Waals surface area contributed by atoms with E-state index in [0.717, 1.165) is 17.0 Å². The number of thiazole rings is 1. The van der Waals surface area contributed by atoms with Crippen molar-refractivity contribution in [3.05, 3.63) is 27.7 Å². The van der Waals surface area contributed by atoms with Gasteiger partial charge in [-0.3, -0.25) is 4.79 Å². The molecule has 3 N–H and O–H groups in total. The number of anilines is 1. The van der Waals surface area contributed by atoms with Gasteiger partial charge in [-0.15, -0.1) is 0 Å². The number of piperidine rings is 1. The standard InChI is InChI=1S/C16H20ClN5O4S/c1-3-8-12(17)21-13(19-8)14(23)20-9-4-5-22(7-10(9)26-2)16-18-6-11(27-16)15(24)25/h6,9-10H,3-5,7H2,1-2H3,(H,19,21)(H,20,23)(H,24,25)/t9-,10+/m1/s1. The number of hydrogen-bond donors (Lipinski definition) is 3. The van der Waals surface area contributed by atoms with Crippen LogP contribution in [0.2, 0.25) is 5.15 Å². The van der Waals surface area contributed by atoms with E-state index in [2.05, 4.69) is 20.3 Å². The number of hydrogen-bond acceptors (Lipinski definition) is 7. The summed E-state index contributed by atoms with van der Waals surface area (Å²) in [6.45, 7) is 3.04. The predicted octanol–water partition coefficient (Wildman–Crippen LogP) is 1.80. The van der Waals surface area contributed by atoms with Crippen molar-refractivity contribution in [1.82, 2.24) is 20.3 Å². The molecule has 27 heavy (non-hydrogen) atoms. The van der Waals surface area contributed by atoms with E-state index in [-0.39, 0.29) is 28.8 Å². The summed E-state index contributed by atoms with van der Waals surface area (Å²) in [6, 6.07) is -0.202. The quantitative estimate of drug-likeness (QED) is 0.660. The molecular weight excluding hydrogens is 394 g/mol. The van der Waals surface area contributed by atoms with Crippen molar-refractivity contribution in [2.45, 2.75) is 31.9 Å². The van der Waals surface area contributed by atoms with E-state index in [1.807, 2.05) is 11.8 Å². The Morgan fingerprint density at radius 3 is 2.93 bits per heavy atom. The van der Waals surface area contributed by atoms with Gasteiger partial charge in [0.15, 0.2) is 16.1 Å². The van der Waals surface area contributed by atoms with Gasteiger partial charge in [-0.1, -0.05) is 29.9 Å². The van der Waals surface area contributed by atoms with Crippen LogP contribution in [0.1, 0.15) is 39.3 Å². The number of aromatic carboxylic acids is 1. The number of H-pyrrole nitrogens is 1. The number of methoxy groups -OCH3 is 1. The zero-order valence-corrected chi connectivity index (χ0v) is 16.4. The number of carbonyl (C=O) groups excluding carboxylic acids is 1. The lowest BCUT2D eigenvalue weighted by Gasteiger charge is -2.37. The van der Waals surface area contributed by atoms with Crippen LogP contribution in [0.4, 0.5) is 5.13 Å². The number of nitrogens with one attached hydrogen (secondary N) is 2. The summed E-state index contributed by atoms with van der Waals surface area (Å²) in [6.07, 6.45) is 2.37. The van der Waals surface area contributed by atoms with Gasteiger partial charge >= 0.3 is 5.97 Å². The van der Waals surface area contributed by atoms with Gasteiger partial charge in [0, 0.05) is 20.2 Å². The average Bonchev–Trinajstić information content (AvgIpc) is 3.29. The number of amides is 1. The summed E-state index contributed by atoms with van der Waals surface area (Å²) in [5.74, 6) is -1.15. The maximum atomic E-state index is 12.5. The SMILES string of the molecule is CCc1[nH]c(C(=O)N[C@@H]2CCN(c3ncc(C(=O)O)s3)C[C@@H]2OC)nc1Cl. The molecule has 3 rings (SSSR count). The molecule has 2 aromatic rings. The summed E-state index contributed by atoms with van der Waals surface area (Å²) in [4.78, 5) is 36.8. The summed E-state index contributed by atoms with van der Waals surface area (Å²) in [7, 11) is 1.58. The van der Waals surface area contributed by atoms with Crippen LogP contribution in [0.15, 0.2) is 6.20 Å². The summed E-state index contributed by atoms with van der Waals surface area (Å²) >= 11 is 7.12. The van der Waals surface area contributed by atoms with Crippen LogP contribution >= 0.6 is 22.9 Å². The number of aromatic nitrogens is 3. The summed E-state index contributed by atoms with van der Waals surface area (Å²) in [5.41, 5.74) is 0.720. The fourth-order valence-electron chi connectivity index (χ4n) is 2.97. The van der Waals surface area contributed by atoms with Crippen molar-refractivity contribution >= 4 is 39.9 Å². The van der Waals surface area contributed by atoms with E-state index in [0.29, 0.717) is 36.2 Å². The molecule has 0 radical (unpaired) electrons. The molecule has 0 saturated carbocycles. The van der Waals surface area contributed by atoms with E-state index < -0.39 is 5.97 Å². The van der Waals surface area contributed by atoms with Crippen molar-refractivity contribution in [3.8, 4) is 0 Å². The van der Waals surface area contributed by atoms with Gasteiger partial charge in [-0.2, -0.15) is 0 Å². The molecule has 1 amide bonds. The van der Waals surface area contributed by atoms with Gasteiger partial charge in [-0.25, -0.2) is 14.8 Å². The Labute approximate surface area is 164 Å². The van der Waals surface area contributed by atoms with Crippen LogP contribution in [-0.4, -0.2) is 64.3 Å². The molecule has 1 aliphatic rings. The Bertz CT molecular complexity index is 839. The molecule has 11 heteroatoms. The highest BCUT2D eigenvalue weighted by molar-refractivity contribution is 7.17. The van der Waals surface area contributed by atoms with Crippen molar-refractivity contribution in [2.75, 3.05) is 25.1 Å². The molecule has 0 bridgehead atoms. The highest BCUT2D eigenvalue weighted by Gasteiger charge is 2.32. The van der Waals surface area contributed by atoms with Crippen LogP contribution in [0, 0.1) is 0 Å². The van der Waals surface area contributed by atoms with Crippen molar-refractivity contribution in [3.63, 3.8) is 0 Å². The van der Waals surface area contributed by atoms with Crippen molar-refractivity contribution < 1.29 is 19.4 Å². The Morgan fingerprint density at radius 1 is 1.56 bits per heavy atom. The Balaban J connectivity index is 1.65. The topological polar surface area (TPSA) is 120 Å². The van der Waals surface area contributed by atoms with Crippen molar-refractivity contribution in [1.29, 1.82) is 0 Å². The molecule has 0 unspecified atom stereocenters. The number of aromatic amines is 1. The van der Waals surface area contributed by atoms with Gasteiger partial charge in [0.05, 0.1) is 24.0 Å². The molecule has 1 fully saturated rings. The number of ether oxygens (including phenoxy) is 1. The third-order valence-electron chi connectivity index (χ3n) is 4.45. The van der Waals surface area contributed by atoms with Crippen molar-refractivity contribution in [2.24, 2.45) is 0 Å². The molecule has 0 aliphatic carbocycles.